The van der Waals surface area contributed by atoms with E-state index in [1.807, 2.05) is 0 Å². The minimum Gasteiger partial charge on any atom is -0.444 e. The number of carbonyl (C=O) groups is 1. The third-order valence-electron chi connectivity index (χ3n) is 3.31. The van der Waals surface area contributed by atoms with Gasteiger partial charge in [-0.25, -0.2) is 4.79 Å². The number of alkyl carbamates (subject to hydrolysis) is 1. The number of amides is 1. The van der Waals surface area contributed by atoms with Crippen molar-refractivity contribution in [3.05, 3.63) is 0 Å². The van der Waals surface area contributed by atoms with Crippen LogP contribution >= 0.6 is 0 Å². The van der Waals surface area contributed by atoms with E-state index in [1.165, 1.54) is 0 Å². The molecule has 118 valence electrons. The molecule has 0 aromatic heterocycles. The van der Waals surface area contributed by atoms with Crippen LogP contribution in [0.5, 0.6) is 0 Å². The first-order valence-electron chi connectivity index (χ1n) is 6.22. The molecule has 1 rings (SSSR count). The highest BCUT2D eigenvalue weighted by Crippen LogP contribution is 2.52. The third kappa shape index (κ3) is 3.35. The third-order valence-corrected chi connectivity index (χ3v) is 3.31. The predicted octanol–water partition coefficient (Wildman–Crippen LogP) is 1.95. The number of carbonyl (C=O) groups excluding carboxylic acids is 1. The molecule has 0 spiro atoms. The predicted molar refractivity (Wildman–Crippen MR) is 66.2 cm³/mol. The summed E-state index contributed by atoms with van der Waals surface area (Å²) in [5, 5.41) is 2.43. The van der Waals surface area contributed by atoms with E-state index in [9.17, 15) is 18.0 Å². The number of hydrogen-bond donors (Lipinski definition) is 2. The van der Waals surface area contributed by atoms with E-state index in [1.54, 1.807) is 20.8 Å². The van der Waals surface area contributed by atoms with E-state index in [0.29, 0.717) is 0 Å². The van der Waals surface area contributed by atoms with Crippen LogP contribution in [-0.4, -0.2) is 42.7 Å². The van der Waals surface area contributed by atoms with Crippen LogP contribution < -0.4 is 11.1 Å². The molecule has 0 heterocycles. The maximum Gasteiger partial charge on any atom is 0.417 e. The first kappa shape index (κ1) is 17.0. The van der Waals surface area contributed by atoms with Crippen LogP contribution in [0.3, 0.4) is 0 Å². The van der Waals surface area contributed by atoms with Gasteiger partial charge in [0.25, 0.3) is 0 Å². The van der Waals surface area contributed by atoms with Gasteiger partial charge < -0.3 is 20.5 Å². The Balaban J connectivity index is 2.73. The van der Waals surface area contributed by atoms with Crippen LogP contribution in [-0.2, 0) is 9.47 Å². The first-order valence-corrected chi connectivity index (χ1v) is 6.22. The molecular formula is C12H21F3N2O3. The molecular weight excluding hydrogens is 277 g/mol. The Morgan fingerprint density at radius 2 is 1.80 bits per heavy atom. The molecule has 20 heavy (non-hydrogen) atoms. The van der Waals surface area contributed by atoms with E-state index in [-0.39, 0.29) is 6.54 Å². The Bertz CT molecular complexity index is 371. The van der Waals surface area contributed by atoms with Crippen LogP contribution in [0.25, 0.3) is 0 Å². The lowest BCUT2D eigenvalue weighted by molar-refractivity contribution is -0.313. The fraction of sp³-hybridized carbons (Fsp3) is 0.917. The molecule has 0 bridgehead atoms. The molecule has 0 aromatic carbocycles. The van der Waals surface area contributed by atoms with Crippen LogP contribution in [0.15, 0.2) is 0 Å². The summed E-state index contributed by atoms with van der Waals surface area (Å²) in [6.07, 6.45) is -6.13. The molecule has 0 radical (unpaired) electrons. The fourth-order valence-electron chi connectivity index (χ4n) is 2.31. The second-order valence-electron chi connectivity index (χ2n) is 6.16. The molecule has 0 aromatic rings. The normalized spacial score (nSPS) is 30.6. The monoisotopic (exact) mass is 298 g/mol. The van der Waals surface area contributed by atoms with Crippen molar-refractivity contribution in [2.75, 3.05) is 13.7 Å². The van der Waals surface area contributed by atoms with Gasteiger partial charge in [-0.1, -0.05) is 0 Å². The smallest absolute Gasteiger partial charge is 0.417 e. The lowest BCUT2D eigenvalue weighted by Gasteiger charge is -2.55. The topological polar surface area (TPSA) is 73.6 Å². The van der Waals surface area contributed by atoms with Gasteiger partial charge in [-0.15, -0.1) is 0 Å². The largest absolute Gasteiger partial charge is 0.444 e. The van der Waals surface area contributed by atoms with Gasteiger partial charge >= 0.3 is 12.3 Å². The minimum absolute atomic E-state index is 0.118. The standard InChI is InChI=1S/C12H21F3N2O3/c1-9(2,3)20-8(18)17-10(7-16)5-11(6-10,19-4)12(13,14)15/h5-7,16H2,1-4H3,(H,17,18). The number of ether oxygens (including phenoxy) is 2. The van der Waals surface area contributed by atoms with E-state index in [0.717, 1.165) is 7.11 Å². The molecule has 1 amide bonds. The van der Waals surface area contributed by atoms with Crippen molar-refractivity contribution in [1.29, 1.82) is 0 Å². The number of methoxy groups -OCH3 is 1. The van der Waals surface area contributed by atoms with Gasteiger partial charge in [0.2, 0.25) is 0 Å². The molecule has 5 nitrogen and oxygen atoms in total. The number of rotatable bonds is 3. The maximum atomic E-state index is 12.9. The van der Waals surface area contributed by atoms with E-state index < -0.39 is 41.9 Å². The zero-order chi connectivity index (χ0) is 15.8. The molecule has 8 heteroatoms. The molecule has 0 aliphatic heterocycles. The number of alkyl halides is 3. The molecule has 1 aliphatic rings. The van der Waals surface area contributed by atoms with Crippen molar-refractivity contribution in [3.8, 4) is 0 Å². The van der Waals surface area contributed by atoms with Crippen molar-refractivity contribution in [1.82, 2.24) is 5.32 Å². The van der Waals surface area contributed by atoms with Crippen LogP contribution in [0.2, 0.25) is 0 Å². The molecule has 0 atom stereocenters. The second-order valence-corrected chi connectivity index (χ2v) is 6.16. The van der Waals surface area contributed by atoms with Crippen molar-refractivity contribution in [2.45, 2.75) is 56.5 Å². The zero-order valence-electron chi connectivity index (χ0n) is 12.1. The second kappa shape index (κ2) is 5.07. The molecule has 0 unspecified atom stereocenters. The SMILES string of the molecule is COC1(C(F)(F)F)CC(CN)(NC(=O)OC(C)(C)C)C1. The summed E-state index contributed by atoms with van der Waals surface area (Å²) in [5.41, 5.74) is 1.38. The Kier molecular flexibility index (Phi) is 4.32. The molecule has 1 saturated carbocycles. The van der Waals surface area contributed by atoms with Crippen LogP contribution in [0, 0.1) is 0 Å². The average Bonchev–Trinajstić information content (AvgIpc) is 2.18. The van der Waals surface area contributed by atoms with Crippen molar-refractivity contribution in [3.63, 3.8) is 0 Å². The molecule has 0 saturated heterocycles. The summed E-state index contributed by atoms with van der Waals surface area (Å²) in [6.45, 7) is 4.88. The summed E-state index contributed by atoms with van der Waals surface area (Å²) < 4.78 is 48.4. The Labute approximate surface area is 116 Å². The van der Waals surface area contributed by atoms with E-state index in [4.69, 9.17) is 10.5 Å². The van der Waals surface area contributed by atoms with Crippen molar-refractivity contribution in [2.24, 2.45) is 5.73 Å². The summed E-state index contributed by atoms with van der Waals surface area (Å²) >= 11 is 0. The zero-order valence-corrected chi connectivity index (χ0v) is 12.1. The first-order chi connectivity index (χ1) is 8.89. The number of nitrogens with one attached hydrogen (secondary N) is 1. The van der Waals surface area contributed by atoms with Crippen molar-refractivity contribution < 1.29 is 27.4 Å². The van der Waals surface area contributed by atoms with Gasteiger partial charge in [-0.05, 0) is 20.8 Å². The number of halogens is 3. The summed E-state index contributed by atoms with van der Waals surface area (Å²) in [6, 6.07) is 0. The lowest BCUT2D eigenvalue weighted by atomic mass is 9.64. The van der Waals surface area contributed by atoms with Crippen LogP contribution in [0.1, 0.15) is 33.6 Å². The molecule has 1 aliphatic carbocycles. The van der Waals surface area contributed by atoms with Gasteiger partial charge in [0.15, 0.2) is 5.60 Å². The van der Waals surface area contributed by atoms with Gasteiger partial charge in [0.05, 0.1) is 5.54 Å². The summed E-state index contributed by atoms with van der Waals surface area (Å²) in [4.78, 5) is 11.7. The van der Waals surface area contributed by atoms with Gasteiger partial charge in [-0.2, -0.15) is 13.2 Å². The lowest BCUT2D eigenvalue weighted by Crippen LogP contribution is -2.73. The van der Waals surface area contributed by atoms with Gasteiger partial charge in [0, 0.05) is 26.5 Å². The maximum absolute atomic E-state index is 12.9. The Hall–Kier alpha value is -1.02. The summed E-state index contributed by atoms with van der Waals surface area (Å²) in [7, 11) is 1.00. The number of nitrogens with two attached hydrogens (primary N) is 1. The van der Waals surface area contributed by atoms with E-state index >= 15 is 0 Å². The quantitative estimate of drug-likeness (QED) is 0.835. The Morgan fingerprint density at radius 3 is 2.10 bits per heavy atom. The highest BCUT2D eigenvalue weighted by Gasteiger charge is 2.68. The minimum atomic E-state index is -4.50. The van der Waals surface area contributed by atoms with Crippen molar-refractivity contribution >= 4 is 6.09 Å². The number of hydrogen-bond acceptors (Lipinski definition) is 4. The molecule has 3 N–H and O–H groups in total. The molecule has 1 fully saturated rings. The van der Waals surface area contributed by atoms with E-state index in [2.05, 4.69) is 10.1 Å². The fourth-order valence-corrected chi connectivity index (χ4v) is 2.31. The van der Waals surface area contributed by atoms with Gasteiger partial charge in [-0.3, -0.25) is 0 Å². The average molecular weight is 298 g/mol. The highest BCUT2D eigenvalue weighted by atomic mass is 19.4. The van der Waals surface area contributed by atoms with Gasteiger partial charge in [0.1, 0.15) is 5.60 Å². The Morgan fingerprint density at radius 1 is 1.30 bits per heavy atom. The summed E-state index contributed by atoms with van der Waals surface area (Å²) in [5.74, 6) is 0. The van der Waals surface area contributed by atoms with Crippen LogP contribution in [0.4, 0.5) is 18.0 Å². The highest BCUT2D eigenvalue weighted by molar-refractivity contribution is 5.69.